The first-order chi connectivity index (χ1) is 33.0. The summed E-state index contributed by atoms with van der Waals surface area (Å²) in [5, 5.41) is 82.8. The predicted octanol–water partition coefficient (Wildman–Crippen LogP) is -12.8. The maximum atomic E-state index is 12.8. The van der Waals surface area contributed by atoms with Gasteiger partial charge in [0.05, 0.1) is 31.8 Å². The number of hydrogen-bond donors (Lipinski definition) is 7. The lowest BCUT2D eigenvalue weighted by Crippen LogP contribution is -2.72. The summed E-state index contributed by atoms with van der Waals surface area (Å²) in [4.78, 5) is 49.6. The first kappa shape index (κ1) is 61.1. The quantitative estimate of drug-likeness (QED) is 0.0284. The molecular weight excluding hydrogens is 1090 g/mol. The number of nitrogens with one attached hydrogen (secondary N) is 2. The second-order valence-corrected chi connectivity index (χ2v) is 19.3. The Bertz CT molecular complexity index is 2390. The summed E-state index contributed by atoms with van der Waals surface area (Å²) in [5.41, 5.74) is 0. The smallest absolute Gasteiger partial charge is 0.218 e. The number of carbonyl (C=O) groups is 4. The molecule has 4 fully saturated rings. The van der Waals surface area contributed by atoms with Gasteiger partial charge in [-0.1, -0.05) is 6.08 Å². The van der Waals surface area contributed by atoms with Gasteiger partial charge in [-0.05, 0) is 0 Å². The molecule has 72 heavy (non-hydrogen) atoms. The average Bonchev–Trinajstić information content (AvgIpc) is 3.22. The number of aliphatic hydroxyl groups excluding tert-OH is 5. The van der Waals surface area contributed by atoms with Gasteiger partial charge in [0.1, 0.15) is 97.5 Å². The molecule has 20 atom stereocenters. The van der Waals surface area contributed by atoms with Gasteiger partial charge < -0.3 is 112 Å². The van der Waals surface area contributed by atoms with Crippen molar-refractivity contribution in [1.29, 1.82) is 0 Å². The van der Waals surface area contributed by atoms with Gasteiger partial charge in [0.25, 0.3) is 0 Å². The first-order valence-corrected chi connectivity index (χ1v) is 25.0. The molecule has 4 aliphatic heterocycles. The van der Waals surface area contributed by atoms with Crippen LogP contribution in [0.2, 0.25) is 0 Å². The molecule has 37 nitrogen and oxygen atoms in total. The molecule has 4 heterocycles. The van der Waals surface area contributed by atoms with Crippen molar-refractivity contribution in [2.24, 2.45) is 0 Å². The fourth-order valence-electron chi connectivity index (χ4n) is 7.31. The van der Waals surface area contributed by atoms with E-state index in [1.807, 2.05) is 5.32 Å². The van der Waals surface area contributed by atoms with Crippen molar-refractivity contribution < 1.29 is 161 Å². The lowest BCUT2D eigenvalue weighted by atomic mass is 9.94. The highest BCUT2D eigenvalue weighted by Crippen LogP contribution is 2.37. The van der Waals surface area contributed by atoms with Crippen molar-refractivity contribution in [3.05, 3.63) is 12.7 Å². The third-order valence-corrected chi connectivity index (χ3v) is 11.8. The Balaban J connectivity index is 1.83. The Morgan fingerprint density at radius 2 is 0.917 bits per heavy atom. The van der Waals surface area contributed by atoms with Gasteiger partial charge in [-0.25, -0.2) is 33.7 Å². The highest BCUT2D eigenvalue weighted by atomic mass is 32.3. The molecule has 41 heteroatoms. The Morgan fingerprint density at radius 1 is 0.528 bits per heavy atom. The van der Waals surface area contributed by atoms with E-state index in [9.17, 15) is 107 Å². The zero-order chi connectivity index (χ0) is 54.6. The summed E-state index contributed by atoms with van der Waals surface area (Å²) in [6.45, 7) is 1.09. The molecule has 0 radical (unpaired) electrons. The van der Waals surface area contributed by atoms with Crippen LogP contribution >= 0.6 is 0 Å². The van der Waals surface area contributed by atoms with Crippen LogP contribution in [-0.4, -0.2) is 244 Å². The van der Waals surface area contributed by atoms with Gasteiger partial charge in [-0.3, -0.25) is 26.3 Å². The second kappa shape index (κ2) is 24.5. The van der Waals surface area contributed by atoms with Crippen LogP contribution in [0.25, 0.3) is 0 Å². The molecule has 4 aliphatic rings. The van der Waals surface area contributed by atoms with Crippen molar-refractivity contribution in [2.45, 2.75) is 137 Å². The van der Waals surface area contributed by atoms with Crippen molar-refractivity contribution in [3.8, 4) is 0 Å². The molecule has 0 saturated carbocycles. The Morgan fingerprint density at radius 3 is 1.31 bits per heavy atom. The Hall–Kier alpha value is -3.42. The van der Waals surface area contributed by atoms with Crippen LogP contribution in [0.1, 0.15) is 13.8 Å². The van der Waals surface area contributed by atoms with Gasteiger partial charge in [0.2, 0.25) is 53.4 Å². The Labute approximate surface area is 405 Å². The number of amides is 2. The number of carboxylic acid groups (broad SMARTS) is 2. The van der Waals surface area contributed by atoms with Crippen LogP contribution in [0.15, 0.2) is 12.7 Å². The molecule has 4 rings (SSSR count). The molecule has 4 saturated heterocycles. The van der Waals surface area contributed by atoms with Gasteiger partial charge in [-0.15, -0.1) is 6.58 Å². The second-order valence-electron chi connectivity index (χ2n) is 15.2. The van der Waals surface area contributed by atoms with Crippen LogP contribution in [-0.2, 0) is 115 Å². The van der Waals surface area contributed by atoms with Gasteiger partial charge in [-0.2, -0.15) is 0 Å². The molecule has 416 valence electrons. The number of ether oxygens (including phenoxy) is 8. The van der Waals surface area contributed by atoms with Crippen LogP contribution in [0.4, 0.5) is 0 Å². The lowest BCUT2D eigenvalue weighted by Gasteiger charge is -2.51. The predicted molar refractivity (Wildman–Crippen MR) is 201 cm³/mol. The number of aliphatic hydroxyl groups is 5. The summed E-state index contributed by atoms with van der Waals surface area (Å²) in [6, 6.07) is -4.46. The van der Waals surface area contributed by atoms with E-state index in [1.54, 1.807) is 0 Å². The third kappa shape index (κ3) is 16.8. The minimum Gasteiger partial charge on any atom is -0.726 e. The monoisotopic (exact) mass is 1130 g/mol. The number of hydrogen-bond acceptors (Lipinski definition) is 35. The SMILES string of the molecule is C=CCO[C@@H]1OC(COS(=O)(=O)[O-])[C@H](OS(=O)(=O)[O-])[C@H](O[C@@H]2OC(C(=O)[O-])[C@@H](O[C@@H]3OC(COS(=O)(=O)[O-])[C@H](OS(=O)(=O)[O-])[C@H](O[C@@H]4OC(C(=O)[O-])C(O)[C@@H](O)C4O)C3NC(C)=O)[C@H](O)C2O)C1NC(C)=O. The molecule has 9 unspecified atom stereocenters. The van der Waals surface area contributed by atoms with Gasteiger partial charge in [0.15, 0.2) is 25.2 Å². The van der Waals surface area contributed by atoms with Crippen molar-refractivity contribution in [3.63, 3.8) is 0 Å². The van der Waals surface area contributed by atoms with Crippen molar-refractivity contribution >= 4 is 65.3 Å². The van der Waals surface area contributed by atoms with Crippen LogP contribution in [0.5, 0.6) is 0 Å². The summed E-state index contributed by atoms with van der Waals surface area (Å²) in [6.07, 6.45) is -45.9. The largest absolute Gasteiger partial charge is 0.726 e. The average molecular weight is 1130 g/mol. The van der Waals surface area contributed by atoms with E-state index in [4.69, 9.17) is 37.9 Å². The molecule has 0 aliphatic carbocycles. The van der Waals surface area contributed by atoms with Crippen molar-refractivity contribution in [1.82, 2.24) is 10.6 Å². The molecule has 7 N–H and O–H groups in total. The van der Waals surface area contributed by atoms with E-state index >= 15 is 0 Å². The van der Waals surface area contributed by atoms with E-state index in [0.717, 1.165) is 13.0 Å². The topological polar surface area (TPSA) is 579 Å². The van der Waals surface area contributed by atoms with E-state index in [2.05, 4.69) is 28.6 Å². The molecule has 0 aromatic heterocycles. The maximum Gasteiger partial charge on any atom is 0.218 e. The third-order valence-electron chi connectivity index (χ3n) is 10.1. The fourth-order valence-corrected chi connectivity index (χ4v) is 8.92. The van der Waals surface area contributed by atoms with E-state index in [-0.39, 0.29) is 0 Å². The minimum absolute atomic E-state index is 0.521. The fraction of sp³-hybridized carbons (Fsp3) is 0.806. The van der Waals surface area contributed by atoms with Gasteiger partial charge >= 0.3 is 0 Å². The van der Waals surface area contributed by atoms with E-state index in [1.165, 1.54) is 0 Å². The maximum absolute atomic E-state index is 12.8. The molecule has 0 aromatic carbocycles. The molecule has 0 aromatic rings. The van der Waals surface area contributed by atoms with Crippen LogP contribution < -0.4 is 20.8 Å². The van der Waals surface area contributed by atoms with Gasteiger partial charge in [0, 0.05) is 13.8 Å². The normalized spacial score (nSPS) is 38.0. The zero-order valence-corrected chi connectivity index (χ0v) is 39.3. The molecule has 2 amide bonds. The number of carboxylic acids is 2. The van der Waals surface area contributed by atoms with Crippen molar-refractivity contribution in [2.75, 3.05) is 19.8 Å². The molecule has 0 bridgehead atoms. The van der Waals surface area contributed by atoms with Crippen LogP contribution in [0.3, 0.4) is 0 Å². The Kier molecular flexibility index (Phi) is 20.8. The molecule has 0 spiro atoms. The number of aliphatic carboxylic acids is 2. The lowest BCUT2D eigenvalue weighted by molar-refractivity contribution is -0.385. The summed E-state index contributed by atoms with van der Waals surface area (Å²) >= 11 is 0. The standard InChI is InChI=1S/C31H48N2O35S4/c1-4-5-57-28-12(32-8(2)34)21(19(67-71(51,52)53)10(60-28)6-58-69(45,46)47)62-31-18(40)16(38)23(25(66-31)27(43)44)64-29-13(33-9(3)35)22(63-30-17(39)14(36)15(37)24(65-30)26(41)42)20(68-72(54,55)56)11(61-29)7-59-70(48,49)50/h4,10-25,28-31,36-40H,1,5-7H2,2-3H3,(H,32,34)(H,33,35)(H,41,42)(H,43,44)(H,45,46,47)(H,48,49,50)(H,51,52,53)(H,54,55,56)/p-6/t10?,11?,12?,13?,14-,15?,16-,17?,18?,19+,20+,21-,22-,23+,24?,25?,28-,29+,30-,31-/m1/s1. The summed E-state index contributed by atoms with van der Waals surface area (Å²) in [7, 11) is -23.7. The zero-order valence-electron chi connectivity index (χ0n) is 36.1. The summed E-state index contributed by atoms with van der Waals surface area (Å²) in [5.74, 6) is -7.08. The summed E-state index contributed by atoms with van der Waals surface area (Å²) < 4.78 is 201. The molecular formula is C31H42N2O35S4-6. The van der Waals surface area contributed by atoms with E-state index in [0.29, 0.717) is 6.92 Å². The highest BCUT2D eigenvalue weighted by molar-refractivity contribution is 7.81. The van der Waals surface area contributed by atoms with Crippen LogP contribution in [0, 0.1) is 0 Å². The number of carbonyl (C=O) groups excluding carboxylic acids is 4. The van der Waals surface area contributed by atoms with E-state index < -0.39 is 208 Å². The minimum atomic E-state index is -6.13. The first-order valence-electron chi connectivity index (χ1n) is 19.7. The highest BCUT2D eigenvalue weighted by Gasteiger charge is 2.58. The number of rotatable bonds is 23.